The molecule has 1 unspecified atom stereocenters. The van der Waals surface area contributed by atoms with Gasteiger partial charge in [-0.25, -0.2) is 13.2 Å². The summed E-state index contributed by atoms with van der Waals surface area (Å²) in [5, 5.41) is 0. The van der Waals surface area contributed by atoms with Gasteiger partial charge in [0, 0.05) is 24.7 Å². The summed E-state index contributed by atoms with van der Waals surface area (Å²) >= 11 is 0. The van der Waals surface area contributed by atoms with Crippen LogP contribution in [0.25, 0.3) is 0 Å². The molecule has 0 rings (SSSR count). The molecule has 0 bridgehead atoms. The molecule has 6 nitrogen and oxygen atoms in total. The monoisotopic (exact) mass is 321 g/mol. The number of hydrogen-bond donors (Lipinski definition) is 0. The van der Waals surface area contributed by atoms with Gasteiger partial charge in [-0.05, 0) is 20.8 Å². The van der Waals surface area contributed by atoms with Crippen LogP contribution in [0, 0.1) is 0 Å². The standard InChI is InChI=1S/C14H27NO5S/c1-5-14(16)20-13(4)9-11-15(6-2,7-3)10-8-12-21(17,18)19/h5,13H,1,6-12H2,2-4H3. The molecule has 0 amide bonds. The minimum Gasteiger partial charge on any atom is -0.748 e. The van der Waals surface area contributed by atoms with Crippen LogP contribution in [-0.2, 0) is 19.6 Å². The molecule has 0 aromatic carbocycles. The zero-order valence-corrected chi connectivity index (χ0v) is 14.0. The van der Waals surface area contributed by atoms with E-state index in [1.165, 1.54) is 0 Å². The summed E-state index contributed by atoms with van der Waals surface area (Å²) in [7, 11) is -4.15. The summed E-state index contributed by atoms with van der Waals surface area (Å²) in [5.41, 5.74) is 0. The maximum absolute atomic E-state index is 11.1. The topological polar surface area (TPSA) is 83.5 Å². The van der Waals surface area contributed by atoms with Gasteiger partial charge in [0.05, 0.1) is 36.3 Å². The van der Waals surface area contributed by atoms with E-state index in [9.17, 15) is 17.8 Å². The number of hydrogen-bond acceptors (Lipinski definition) is 5. The first-order valence-electron chi connectivity index (χ1n) is 7.29. The van der Waals surface area contributed by atoms with E-state index in [1.54, 1.807) is 0 Å². The quantitative estimate of drug-likeness (QED) is 0.248. The maximum Gasteiger partial charge on any atom is 0.330 e. The van der Waals surface area contributed by atoms with Crippen molar-refractivity contribution in [1.82, 2.24) is 0 Å². The molecule has 0 N–H and O–H groups in total. The summed E-state index contributed by atoms with van der Waals surface area (Å²) in [6, 6.07) is 0. The van der Waals surface area contributed by atoms with E-state index in [4.69, 9.17) is 4.74 Å². The van der Waals surface area contributed by atoms with Gasteiger partial charge in [-0.2, -0.15) is 0 Å². The van der Waals surface area contributed by atoms with Crippen LogP contribution in [0.2, 0.25) is 0 Å². The van der Waals surface area contributed by atoms with Crippen molar-refractivity contribution in [3.8, 4) is 0 Å². The Balaban J connectivity index is 4.44. The van der Waals surface area contributed by atoms with Crippen LogP contribution in [0.4, 0.5) is 0 Å². The Morgan fingerprint density at radius 1 is 1.33 bits per heavy atom. The third-order valence-corrected chi connectivity index (χ3v) is 4.65. The highest BCUT2D eigenvalue weighted by atomic mass is 32.2. The average molecular weight is 321 g/mol. The van der Waals surface area contributed by atoms with Crippen molar-refractivity contribution in [2.45, 2.75) is 39.7 Å². The van der Waals surface area contributed by atoms with Crippen molar-refractivity contribution in [3.05, 3.63) is 12.7 Å². The first kappa shape index (κ1) is 20.1. The summed E-state index contributed by atoms with van der Waals surface area (Å²) in [5.74, 6) is -0.764. The van der Waals surface area contributed by atoms with Gasteiger partial charge < -0.3 is 13.8 Å². The van der Waals surface area contributed by atoms with Crippen molar-refractivity contribution >= 4 is 16.1 Å². The number of nitrogens with zero attached hydrogens (tertiary/aromatic N) is 1. The number of rotatable bonds is 11. The molecule has 0 aromatic heterocycles. The molecule has 0 aliphatic rings. The first-order valence-corrected chi connectivity index (χ1v) is 8.87. The number of ether oxygens (including phenoxy) is 1. The molecule has 1 atom stereocenters. The fourth-order valence-electron chi connectivity index (χ4n) is 2.31. The highest BCUT2D eigenvalue weighted by Crippen LogP contribution is 2.12. The van der Waals surface area contributed by atoms with E-state index in [0.717, 1.165) is 25.7 Å². The summed E-state index contributed by atoms with van der Waals surface area (Å²) in [6.45, 7) is 12.4. The van der Waals surface area contributed by atoms with E-state index in [0.29, 0.717) is 23.9 Å². The van der Waals surface area contributed by atoms with E-state index in [2.05, 4.69) is 6.58 Å². The van der Waals surface area contributed by atoms with Crippen LogP contribution in [0.3, 0.4) is 0 Å². The van der Waals surface area contributed by atoms with Gasteiger partial charge in [0.25, 0.3) is 0 Å². The van der Waals surface area contributed by atoms with Gasteiger partial charge in [-0.3, -0.25) is 0 Å². The molecule has 0 spiro atoms. The molecule has 7 heteroatoms. The number of quaternary nitrogens is 1. The lowest BCUT2D eigenvalue weighted by Crippen LogP contribution is -2.50. The van der Waals surface area contributed by atoms with Gasteiger partial charge >= 0.3 is 5.97 Å². The van der Waals surface area contributed by atoms with Crippen molar-refractivity contribution in [2.75, 3.05) is 31.9 Å². The number of esters is 1. The van der Waals surface area contributed by atoms with Crippen LogP contribution in [0.1, 0.15) is 33.6 Å². The Labute approximate surface area is 128 Å². The van der Waals surface area contributed by atoms with E-state index in [-0.39, 0.29) is 11.9 Å². The lowest BCUT2D eigenvalue weighted by molar-refractivity contribution is -0.925. The van der Waals surface area contributed by atoms with E-state index >= 15 is 0 Å². The molecular weight excluding hydrogens is 294 g/mol. The SMILES string of the molecule is C=CC(=O)OC(C)CC[N+](CC)(CC)CCCS(=O)(=O)[O-]. The summed E-state index contributed by atoms with van der Waals surface area (Å²) in [6.07, 6.45) is 1.96. The minimum absolute atomic E-state index is 0.214. The van der Waals surface area contributed by atoms with Crippen molar-refractivity contribution < 1.29 is 27.0 Å². The molecule has 0 heterocycles. The van der Waals surface area contributed by atoms with Crippen LogP contribution in [0.5, 0.6) is 0 Å². The van der Waals surface area contributed by atoms with Crippen molar-refractivity contribution in [3.63, 3.8) is 0 Å². The van der Waals surface area contributed by atoms with Gasteiger partial charge in [0.15, 0.2) is 0 Å². The molecule has 0 saturated heterocycles. The predicted molar refractivity (Wildman–Crippen MR) is 80.6 cm³/mol. The Morgan fingerprint density at radius 3 is 2.33 bits per heavy atom. The molecule has 124 valence electrons. The second-order valence-corrected chi connectivity index (χ2v) is 6.80. The third kappa shape index (κ3) is 8.85. The normalized spacial score (nSPS) is 13.7. The van der Waals surface area contributed by atoms with Crippen LogP contribution in [0.15, 0.2) is 12.7 Å². The Bertz CT molecular complexity index is 429. The van der Waals surface area contributed by atoms with Crippen LogP contribution >= 0.6 is 0 Å². The average Bonchev–Trinajstić information content (AvgIpc) is 2.41. The largest absolute Gasteiger partial charge is 0.748 e. The maximum atomic E-state index is 11.1. The van der Waals surface area contributed by atoms with E-state index in [1.807, 2.05) is 20.8 Å². The van der Waals surface area contributed by atoms with Crippen molar-refractivity contribution in [2.24, 2.45) is 0 Å². The molecule has 0 aromatic rings. The zero-order valence-electron chi connectivity index (χ0n) is 13.2. The highest BCUT2D eigenvalue weighted by molar-refractivity contribution is 7.85. The molecule has 0 saturated carbocycles. The summed E-state index contributed by atoms with van der Waals surface area (Å²) in [4.78, 5) is 11.1. The lowest BCUT2D eigenvalue weighted by Gasteiger charge is -2.37. The molecular formula is C14H27NO5S. The van der Waals surface area contributed by atoms with Crippen LogP contribution in [-0.4, -0.2) is 61.5 Å². The lowest BCUT2D eigenvalue weighted by atomic mass is 10.2. The molecule has 21 heavy (non-hydrogen) atoms. The van der Waals surface area contributed by atoms with Gasteiger partial charge in [-0.15, -0.1) is 0 Å². The predicted octanol–water partition coefficient (Wildman–Crippen LogP) is 1.29. The fraction of sp³-hybridized carbons (Fsp3) is 0.786. The van der Waals surface area contributed by atoms with Gasteiger partial charge in [-0.1, -0.05) is 6.58 Å². The molecule has 0 aliphatic carbocycles. The highest BCUT2D eigenvalue weighted by Gasteiger charge is 2.24. The van der Waals surface area contributed by atoms with Crippen molar-refractivity contribution in [1.29, 1.82) is 0 Å². The molecule has 0 aliphatic heterocycles. The van der Waals surface area contributed by atoms with Crippen LogP contribution < -0.4 is 0 Å². The van der Waals surface area contributed by atoms with Gasteiger partial charge in [0.2, 0.25) is 0 Å². The summed E-state index contributed by atoms with van der Waals surface area (Å²) < 4.78 is 37.9. The third-order valence-electron chi connectivity index (χ3n) is 3.86. The second-order valence-electron chi connectivity index (χ2n) is 5.28. The number of carbonyl (C=O) groups excluding carboxylic acids is 1. The van der Waals surface area contributed by atoms with E-state index < -0.39 is 16.1 Å². The second kappa shape index (κ2) is 9.17. The fourth-order valence-corrected chi connectivity index (χ4v) is 2.79. The molecule has 0 radical (unpaired) electrons. The number of carbonyl (C=O) groups is 1. The van der Waals surface area contributed by atoms with Gasteiger partial charge in [0.1, 0.15) is 6.10 Å². The minimum atomic E-state index is -4.15. The zero-order chi connectivity index (χ0) is 16.5. The first-order chi connectivity index (χ1) is 9.68. The Hall–Kier alpha value is -0.920. The smallest absolute Gasteiger partial charge is 0.330 e. The Morgan fingerprint density at radius 2 is 1.90 bits per heavy atom. The molecule has 0 fully saturated rings. The Kier molecular flexibility index (Phi) is 8.77.